The minimum absolute atomic E-state index is 0.0483. The minimum atomic E-state index is -0.0483. The maximum atomic E-state index is 13.0. The van der Waals surface area contributed by atoms with Crippen LogP contribution in [-0.2, 0) is 11.3 Å². The molecule has 2 aromatic heterocycles. The van der Waals surface area contributed by atoms with E-state index in [1.807, 2.05) is 23.1 Å². The van der Waals surface area contributed by atoms with Gasteiger partial charge in [0.2, 0.25) is 0 Å². The van der Waals surface area contributed by atoms with Gasteiger partial charge in [-0.1, -0.05) is 34.4 Å². The van der Waals surface area contributed by atoms with Crippen LogP contribution in [0.1, 0.15) is 55.8 Å². The van der Waals surface area contributed by atoms with Gasteiger partial charge in [0.25, 0.3) is 0 Å². The van der Waals surface area contributed by atoms with Crippen LogP contribution < -0.4 is 5.32 Å². The lowest BCUT2D eigenvalue weighted by atomic mass is 9.99. The molecule has 3 aromatic rings. The first-order valence-electron chi connectivity index (χ1n) is 12.1. The van der Waals surface area contributed by atoms with Crippen LogP contribution in [0, 0.1) is 0 Å². The number of rotatable bonds is 6. The number of fused-ring (bicyclic) bond motifs is 2. The number of hydrogen-bond donors (Lipinski definition) is 1. The molecule has 2 saturated heterocycles. The molecular weight excluding hydrogens is 487 g/mol. The van der Waals surface area contributed by atoms with Crippen molar-refractivity contribution in [1.82, 2.24) is 15.0 Å². The second-order valence-corrected chi connectivity index (χ2v) is 10.4. The molecule has 0 spiro atoms. The Balaban J connectivity index is 1.16. The number of hydrogen-bond acceptors (Lipinski definition) is 5. The Morgan fingerprint density at radius 2 is 1.74 bits per heavy atom. The number of nitrogens with one attached hydrogen (secondary N) is 1. The van der Waals surface area contributed by atoms with Crippen molar-refractivity contribution >= 4 is 34.9 Å². The largest absolute Gasteiger partial charge is 0.373 e. The van der Waals surface area contributed by atoms with Crippen LogP contribution in [0.2, 0.25) is 10.0 Å². The molecule has 1 N–H and O–H groups in total. The SMILES string of the molecule is O=C(Nc1ccncc1)N1C2CCC1CC(OCc1c(-c3c(Cl)cccc3Cl)noc1C1CC1)C2. The molecule has 2 bridgehead atoms. The van der Waals surface area contributed by atoms with Crippen LogP contribution in [0.15, 0.2) is 47.2 Å². The van der Waals surface area contributed by atoms with Gasteiger partial charge in [-0.3, -0.25) is 4.98 Å². The lowest BCUT2D eigenvalue weighted by Crippen LogP contribution is -2.50. The number of carbonyl (C=O) groups is 1. The Kier molecular flexibility index (Phi) is 6.16. The molecule has 2 amide bonds. The molecule has 3 aliphatic rings. The predicted octanol–water partition coefficient (Wildman–Crippen LogP) is 6.66. The summed E-state index contributed by atoms with van der Waals surface area (Å²) in [5, 5.41) is 8.45. The summed E-state index contributed by atoms with van der Waals surface area (Å²) in [6, 6.07) is 9.33. The molecule has 6 rings (SSSR count). The highest BCUT2D eigenvalue weighted by atomic mass is 35.5. The average Bonchev–Trinajstić information content (AvgIpc) is 3.55. The van der Waals surface area contributed by atoms with Crippen LogP contribution in [0.5, 0.6) is 0 Å². The summed E-state index contributed by atoms with van der Waals surface area (Å²) in [6.07, 6.45) is 9.21. The fourth-order valence-corrected chi connectivity index (χ4v) is 6.04. The Morgan fingerprint density at radius 3 is 2.40 bits per heavy atom. The monoisotopic (exact) mass is 512 g/mol. The second-order valence-electron chi connectivity index (χ2n) is 9.61. The summed E-state index contributed by atoms with van der Waals surface area (Å²) >= 11 is 13.0. The van der Waals surface area contributed by atoms with Gasteiger partial charge in [-0.05, 0) is 62.8 Å². The summed E-state index contributed by atoms with van der Waals surface area (Å²) < 4.78 is 12.2. The molecule has 3 fully saturated rings. The van der Waals surface area contributed by atoms with Gasteiger partial charge in [-0.2, -0.15) is 0 Å². The number of piperidine rings is 1. The number of benzene rings is 1. The molecule has 0 radical (unpaired) electrons. The van der Waals surface area contributed by atoms with Gasteiger partial charge in [0.05, 0.1) is 22.8 Å². The van der Waals surface area contributed by atoms with Crippen molar-refractivity contribution in [3.05, 3.63) is 64.1 Å². The lowest BCUT2D eigenvalue weighted by Gasteiger charge is -2.38. The van der Waals surface area contributed by atoms with Crippen LogP contribution in [0.4, 0.5) is 10.5 Å². The number of aromatic nitrogens is 2. The van der Waals surface area contributed by atoms with Crippen molar-refractivity contribution in [2.24, 2.45) is 0 Å². The van der Waals surface area contributed by atoms with Crippen molar-refractivity contribution in [2.75, 3.05) is 5.32 Å². The topological polar surface area (TPSA) is 80.5 Å². The molecule has 2 unspecified atom stereocenters. The number of halogens is 2. The Hall–Kier alpha value is -2.61. The van der Waals surface area contributed by atoms with E-state index in [1.54, 1.807) is 24.5 Å². The molecule has 9 heteroatoms. The second kappa shape index (κ2) is 9.45. The number of nitrogens with zero attached hydrogens (tertiary/aromatic N) is 3. The van der Waals surface area contributed by atoms with E-state index in [4.69, 9.17) is 32.5 Å². The minimum Gasteiger partial charge on any atom is -0.373 e. The first-order valence-corrected chi connectivity index (χ1v) is 12.9. The lowest BCUT2D eigenvalue weighted by molar-refractivity contribution is -0.0158. The molecule has 1 aromatic carbocycles. The Morgan fingerprint density at radius 1 is 1.06 bits per heavy atom. The number of ether oxygens (including phenoxy) is 1. The number of urea groups is 1. The Bertz CT molecular complexity index is 1200. The van der Waals surface area contributed by atoms with Crippen LogP contribution in [-0.4, -0.2) is 39.3 Å². The van der Waals surface area contributed by atoms with Gasteiger partial charge < -0.3 is 19.5 Å². The van der Waals surface area contributed by atoms with E-state index in [2.05, 4.69) is 15.5 Å². The van der Waals surface area contributed by atoms with Crippen molar-refractivity contribution in [3.8, 4) is 11.3 Å². The predicted molar refractivity (Wildman–Crippen MR) is 134 cm³/mol. The average molecular weight is 513 g/mol. The Labute approximate surface area is 213 Å². The number of amides is 2. The third-order valence-electron chi connectivity index (χ3n) is 7.29. The third kappa shape index (κ3) is 4.53. The van der Waals surface area contributed by atoms with E-state index in [9.17, 15) is 4.79 Å². The third-order valence-corrected chi connectivity index (χ3v) is 7.92. The highest BCUT2D eigenvalue weighted by Gasteiger charge is 2.44. The highest BCUT2D eigenvalue weighted by molar-refractivity contribution is 6.39. The van der Waals surface area contributed by atoms with Crippen LogP contribution in [0.3, 0.4) is 0 Å². The van der Waals surface area contributed by atoms with Gasteiger partial charge in [-0.25, -0.2) is 4.79 Å². The molecule has 182 valence electrons. The van der Waals surface area contributed by atoms with E-state index in [0.717, 1.165) is 55.5 Å². The van der Waals surface area contributed by atoms with E-state index < -0.39 is 0 Å². The smallest absolute Gasteiger partial charge is 0.322 e. The van der Waals surface area contributed by atoms with Crippen LogP contribution >= 0.6 is 23.2 Å². The maximum absolute atomic E-state index is 13.0. The summed E-state index contributed by atoms with van der Waals surface area (Å²) in [5.74, 6) is 1.26. The van der Waals surface area contributed by atoms with Crippen molar-refractivity contribution in [2.45, 2.75) is 69.2 Å². The van der Waals surface area contributed by atoms with Crippen molar-refractivity contribution in [3.63, 3.8) is 0 Å². The van der Waals surface area contributed by atoms with Crippen LogP contribution in [0.25, 0.3) is 11.3 Å². The van der Waals surface area contributed by atoms with Gasteiger partial charge in [-0.15, -0.1) is 0 Å². The first-order chi connectivity index (χ1) is 17.1. The quantitative estimate of drug-likeness (QED) is 0.399. The summed E-state index contributed by atoms with van der Waals surface area (Å²) in [7, 11) is 0. The molecule has 1 aliphatic carbocycles. The zero-order valence-corrected chi connectivity index (χ0v) is 20.6. The van der Waals surface area contributed by atoms with E-state index in [-0.39, 0.29) is 24.2 Å². The molecule has 2 aliphatic heterocycles. The zero-order valence-electron chi connectivity index (χ0n) is 19.1. The highest BCUT2D eigenvalue weighted by Crippen LogP contribution is 2.46. The number of anilines is 1. The van der Waals surface area contributed by atoms with Gasteiger partial charge in [0.1, 0.15) is 11.5 Å². The summed E-state index contributed by atoms with van der Waals surface area (Å²) in [6.45, 7) is 0.388. The van der Waals surface area contributed by atoms with E-state index >= 15 is 0 Å². The van der Waals surface area contributed by atoms with Gasteiger partial charge in [0, 0.05) is 47.2 Å². The molecule has 2 atom stereocenters. The molecule has 4 heterocycles. The van der Waals surface area contributed by atoms with Gasteiger partial charge in [0.15, 0.2) is 0 Å². The standard InChI is InChI=1S/C26H26Cl2N4O3/c27-21-2-1-3-22(28)23(21)24-20(25(35-31-24)15-4-5-15)14-34-19-12-17-6-7-18(13-19)32(17)26(33)30-16-8-10-29-11-9-16/h1-3,8-11,15,17-19H,4-7,12-14H2,(H,29,30,33). The summed E-state index contributed by atoms with van der Waals surface area (Å²) in [5.41, 5.74) is 3.05. The summed E-state index contributed by atoms with van der Waals surface area (Å²) in [4.78, 5) is 19.0. The van der Waals surface area contributed by atoms with E-state index in [1.165, 1.54) is 0 Å². The molecule has 7 nitrogen and oxygen atoms in total. The molecule has 35 heavy (non-hydrogen) atoms. The van der Waals surface area contributed by atoms with Gasteiger partial charge >= 0.3 is 6.03 Å². The molecule has 1 saturated carbocycles. The van der Waals surface area contributed by atoms with E-state index in [0.29, 0.717) is 33.8 Å². The van der Waals surface area contributed by atoms with Crippen molar-refractivity contribution in [1.29, 1.82) is 0 Å². The molecular formula is C26H26Cl2N4O3. The van der Waals surface area contributed by atoms with Crippen molar-refractivity contribution < 1.29 is 14.1 Å². The normalized spacial score (nSPS) is 23.5. The fraction of sp³-hybridized carbons (Fsp3) is 0.423. The maximum Gasteiger partial charge on any atom is 0.322 e. The number of carbonyl (C=O) groups excluding carboxylic acids is 1. The zero-order chi connectivity index (χ0) is 23.9. The number of pyridine rings is 1. The fourth-order valence-electron chi connectivity index (χ4n) is 5.47. The first kappa shape index (κ1) is 22.8.